The highest BCUT2D eigenvalue weighted by Gasteiger charge is 2.32. The Morgan fingerprint density at radius 3 is 2.76 bits per heavy atom. The van der Waals surface area contributed by atoms with Crippen LogP contribution in [0.2, 0.25) is 0 Å². The van der Waals surface area contributed by atoms with E-state index in [-0.39, 0.29) is 24.1 Å². The van der Waals surface area contributed by atoms with Crippen LogP contribution in [0.4, 0.5) is 5.69 Å². The molecule has 0 bridgehead atoms. The van der Waals surface area contributed by atoms with Crippen molar-refractivity contribution in [1.82, 2.24) is 4.90 Å². The first kappa shape index (κ1) is 15.4. The lowest BCUT2D eigenvalue weighted by Gasteiger charge is -2.07. The van der Waals surface area contributed by atoms with Crippen molar-refractivity contribution in [1.29, 1.82) is 0 Å². The number of ether oxygens (including phenoxy) is 1. The highest BCUT2D eigenvalue weighted by atomic mass is 16.5. The molecule has 0 radical (unpaired) electrons. The molecule has 2 aromatic carbocycles. The van der Waals surface area contributed by atoms with Crippen LogP contribution in [-0.2, 0) is 17.6 Å². The summed E-state index contributed by atoms with van der Waals surface area (Å²) in [5.74, 6) is 0.0342. The van der Waals surface area contributed by atoms with Crippen LogP contribution in [0.3, 0.4) is 0 Å². The van der Waals surface area contributed by atoms with Gasteiger partial charge in [-0.25, -0.2) is 0 Å². The highest BCUT2D eigenvalue weighted by molar-refractivity contribution is 6.21. The standard InChI is InChI=1S/C19H16N2O4/c1-21-18(23)14-4-3-13(10-15(14)19(21)24)20-17(22)9-11-2-5-16-12(8-11)6-7-25-16/h2-5,8,10H,6-7,9H2,1H3,(H,20,22). The van der Waals surface area contributed by atoms with Gasteiger partial charge in [-0.3, -0.25) is 19.3 Å². The molecule has 0 aliphatic carbocycles. The minimum absolute atomic E-state index is 0.177. The first-order chi connectivity index (χ1) is 12.0. The number of carbonyl (C=O) groups excluding carboxylic acids is 3. The third kappa shape index (κ3) is 2.65. The third-order valence-electron chi connectivity index (χ3n) is 4.49. The average Bonchev–Trinajstić information content (AvgIpc) is 3.14. The molecular weight excluding hydrogens is 320 g/mol. The van der Waals surface area contributed by atoms with Crippen molar-refractivity contribution in [3.8, 4) is 5.75 Å². The molecule has 25 heavy (non-hydrogen) atoms. The van der Waals surface area contributed by atoms with E-state index in [0.717, 1.165) is 28.2 Å². The van der Waals surface area contributed by atoms with Gasteiger partial charge in [0.1, 0.15) is 5.75 Å². The van der Waals surface area contributed by atoms with Crippen LogP contribution in [0, 0.1) is 0 Å². The molecule has 0 spiro atoms. The Morgan fingerprint density at radius 2 is 1.92 bits per heavy atom. The number of anilines is 1. The zero-order valence-corrected chi connectivity index (χ0v) is 13.7. The summed E-state index contributed by atoms with van der Waals surface area (Å²) in [4.78, 5) is 37.3. The van der Waals surface area contributed by atoms with Crippen molar-refractivity contribution in [2.24, 2.45) is 0 Å². The first-order valence-corrected chi connectivity index (χ1v) is 8.04. The number of hydrogen-bond acceptors (Lipinski definition) is 4. The summed E-state index contributed by atoms with van der Waals surface area (Å²) < 4.78 is 5.46. The van der Waals surface area contributed by atoms with Crippen LogP contribution in [0.25, 0.3) is 0 Å². The number of hydrogen-bond donors (Lipinski definition) is 1. The molecule has 0 aromatic heterocycles. The van der Waals surface area contributed by atoms with Crippen molar-refractivity contribution in [3.63, 3.8) is 0 Å². The largest absolute Gasteiger partial charge is 0.493 e. The van der Waals surface area contributed by atoms with Crippen molar-refractivity contribution in [2.75, 3.05) is 19.0 Å². The Labute approximate surface area is 144 Å². The van der Waals surface area contributed by atoms with E-state index < -0.39 is 0 Å². The maximum Gasteiger partial charge on any atom is 0.261 e. The molecule has 1 N–H and O–H groups in total. The number of carbonyl (C=O) groups is 3. The summed E-state index contributed by atoms with van der Waals surface area (Å²) in [5.41, 5.74) is 3.22. The lowest BCUT2D eigenvalue weighted by atomic mass is 10.1. The predicted molar refractivity (Wildman–Crippen MR) is 90.8 cm³/mol. The number of benzene rings is 2. The quantitative estimate of drug-likeness (QED) is 0.870. The van der Waals surface area contributed by atoms with E-state index in [9.17, 15) is 14.4 Å². The van der Waals surface area contributed by atoms with Gasteiger partial charge in [-0.05, 0) is 35.4 Å². The van der Waals surface area contributed by atoms with Gasteiger partial charge in [-0.15, -0.1) is 0 Å². The van der Waals surface area contributed by atoms with Crippen molar-refractivity contribution in [2.45, 2.75) is 12.8 Å². The lowest BCUT2D eigenvalue weighted by Crippen LogP contribution is -2.24. The molecule has 3 amide bonds. The third-order valence-corrected chi connectivity index (χ3v) is 4.49. The van der Waals surface area contributed by atoms with Gasteiger partial charge in [0.25, 0.3) is 11.8 Å². The number of amides is 3. The zero-order valence-electron chi connectivity index (χ0n) is 13.7. The average molecular weight is 336 g/mol. The summed E-state index contributed by atoms with van der Waals surface area (Å²) in [6.45, 7) is 0.682. The van der Waals surface area contributed by atoms with Gasteiger partial charge >= 0.3 is 0 Å². The second-order valence-corrected chi connectivity index (χ2v) is 6.20. The number of nitrogens with zero attached hydrogens (tertiary/aromatic N) is 1. The minimum Gasteiger partial charge on any atom is -0.493 e. The van der Waals surface area contributed by atoms with Crippen LogP contribution < -0.4 is 10.1 Å². The second-order valence-electron chi connectivity index (χ2n) is 6.20. The molecule has 0 fully saturated rings. The van der Waals surface area contributed by atoms with Crippen molar-refractivity contribution < 1.29 is 19.1 Å². The molecule has 0 saturated carbocycles. The molecule has 0 atom stereocenters. The number of fused-ring (bicyclic) bond motifs is 2. The van der Waals surface area contributed by atoms with Gasteiger partial charge in [0.05, 0.1) is 24.2 Å². The highest BCUT2D eigenvalue weighted by Crippen LogP contribution is 2.27. The maximum absolute atomic E-state index is 12.3. The fourth-order valence-electron chi connectivity index (χ4n) is 3.18. The van der Waals surface area contributed by atoms with Crippen molar-refractivity contribution in [3.05, 3.63) is 58.7 Å². The van der Waals surface area contributed by atoms with E-state index in [4.69, 9.17) is 4.74 Å². The summed E-state index contributed by atoms with van der Waals surface area (Å²) >= 11 is 0. The zero-order chi connectivity index (χ0) is 17.6. The number of nitrogens with one attached hydrogen (secondary N) is 1. The normalized spacial score (nSPS) is 15.0. The molecule has 0 unspecified atom stereocenters. The summed E-state index contributed by atoms with van der Waals surface area (Å²) in [5, 5.41) is 2.79. The SMILES string of the molecule is CN1C(=O)c2ccc(NC(=O)Cc3ccc4c(c3)CCO4)cc2C1=O. The van der Waals surface area contributed by atoms with Gasteiger partial charge < -0.3 is 10.1 Å². The van der Waals surface area contributed by atoms with Gasteiger partial charge in [0, 0.05) is 19.2 Å². The summed E-state index contributed by atoms with van der Waals surface area (Å²) in [7, 11) is 1.44. The molecule has 2 aliphatic rings. The van der Waals surface area contributed by atoms with E-state index in [0.29, 0.717) is 23.4 Å². The molecule has 2 aromatic rings. The van der Waals surface area contributed by atoms with E-state index in [2.05, 4.69) is 5.32 Å². The Bertz CT molecular complexity index is 920. The first-order valence-electron chi connectivity index (χ1n) is 8.04. The Hall–Kier alpha value is -3.15. The van der Waals surface area contributed by atoms with Gasteiger partial charge in [-0.1, -0.05) is 12.1 Å². The van der Waals surface area contributed by atoms with E-state index in [1.165, 1.54) is 7.05 Å². The number of rotatable bonds is 3. The van der Waals surface area contributed by atoms with Gasteiger partial charge in [0.15, 0.2) is 0 Å². The minimum atomic E-state index is -0.352. The van der Waals surface area contributed by atoms with E-state index in [1.807, 2.05) is 18.2 Å². The van der Waals surface area contributed by atoms with E-state index in [1.54, 1.807) is 18.2 Å². The summed E-state index contributed by atoms with van der Waals surface area (Å²) in [6, 6.07) is 10.5. The monoisotopic (exact) mass is 336 g/mol. The Kier molecular flexibility index (Phi) is 3.53. The van der Waals surface area contributed by atoms with Crippen LogP contribution in [0.1, 0.15) is 31.8 Å². The van der Waals surface area contributed by atoms with Crippen LogP contribution in [0.5, 0.6) is 5.75 Å². The Morgan fingerprint density at radius 1 is 1.12 bits per heavy atom. The van der Waals surface area contributed by atoms with Gasteiger partial charge in [-0.2, -0.15) is 0 Å². The van der Waals surface area contributed by atoms with Gasteiger partial charge in [0.2, 0.25) is 5.91 Å². The fourth-order valence-corrected chi connectivity index (χ4v) is 3.18. The van der Waals surface area contributed by atoms with Crippen LogP contribution in [-0.4, -0.2) is 36.3 Å². The topological polar surface area (TPSA) is 75.7 Å². The molecule has 6 heteroatoms. The molecular formula is C19H16N2O4. The maximum atomic E-state index is 12.3. The molecule has 6 nitrogen and oxygen atoms in total. The molecule has 4 rings (SSSR count). The lowest BCUT2D eigenvalue weighted by molar-refractivity contribution is -0.115. The summed E-state index contributed by atoms with van der Waals surface area (Å²) in [6.07, 6.45) is 1.09. The van der Waals surface area contributed by atoms with E-state index >= 15 is 0 Å². The van der Waals surface area contributed by atoms with Crippen LogP contribution >= 0.6 is 0 Å². The molecule has 2 aliphatic heterocycles. The smallest absolute Gasteiger partial charge is 0.261 e. The second kappa shape index (κ2) is 5.73. The Balaban J connectivity index is 1.49. The van der Waals surface area contributed by atoms with Crippen molar-refractivity contribution >= 4 is 23.4 Å². The molecule has 0 saturated heterocycles. The molecule has 126 valence electrons. The van der Waals surface area contributed by atoms with Crippen LogP contribution in [0.15, 0.2) is 36.4 Å². The predicted octanol–water partition coefficient (Wildman–Crippen LogP) is 2.03. The fraction of sp³-hybridized carbons (Fsp3) is 0.211. The number of imide groups is 1. The molecule has 2 heterocycles.